The van der Waals surface area contributed by atoms with Crippen LogP contribution in [0, 0.1) is 0 Å². The molecule has 4 heteroatoms. The van der Waals surface area contributed by atoms with Crippen LogP contribution in [0.15, 0.2) is 24.3 Å². The highest BCUT2D eigenvalue weighted by Crippen LogP contribution is 2.40. The summed E-state index contributed by atoms with van der Waals surface area (Å²) in [6, 6.07) is 8.19. The second kappa shape index (κ2) is 6.85. The first kappa shape index (κ1) is 14.3. The highest BCUT2D eigenvalue weighted by atomic mass is 32.2. The molecule has 0 amide bonds. The smallest absolute Gasteiger partial charge is 0.313 e. The van der Waals surface area contributed by atoms with E-state index in [4.69, 9.17) is 9.84 Å². The molecule has 0 saturated heterocycles. The highest BCUT2D eigenvalue weighted by molar-refractivity contribution is 8.00. The molecule has 2 atom stereocenters. The van der Waals surface area contributed by atoms with E-state index in [1.165, 1.54) is 18.4 Å². The maximum atomic E-state index is 10.7. The van der Waals surface area contributed by atoms with Crippen LogP contribution in [0.2, 0.25) is 0 Å². The summed E-state index contributed by atoms with van der Waals surface area (Å²) >= 11 is 1.58. The van der Waals surface area contributed by atoms with Crippen LogP contribution >= 0.6 is 11.8 Å². The SMILES string of the molecule is COc1cccc([C@H]2CCCC[C@@H]2SCC(=O)O)c1. The first-order valence-electron chi connectivity index (χ1n) is 6.68. The summed E-state index contributed by atoms with van der Waals surface area (Å²) in [5.74, 6) is 0.809. The predicted octanol–water partition coefficient (Wildman–Crippen LogP) is 3.54. The summed E-state index contributed by atoms with van der Waals surface area (Å²) < 4.78 is 5.28. The third-order valence-corrected chi connectivity index (χ3v) is 5.05. The van der Waals surface area contributed by atoms with Gasteiger partial charge < -0.3 is 9.84 Å². The van der Waals surface area contributed by atoms with E-state index in [1.54, 1.807) is 18.9 Å². The van der Waals surface area contributed by atoms with E-state index in [0.717, 1.165) is 18.6 Å². The van der Waals surface area contributed by atoms with Crippen LogP contribution < -0.4 is 4.74 Å². The second-order valence-corrected chi connectivity index (χ2v) is 6.14. The molecule has 1 N–H and O–H groups in total. The molecule has 3 nitrogen and oxygen atoms in total. The number of thioether (sulfide) groups is 1. The molecule has 0 heterocycles. The maximum absolute atomic E-state index is 10.7. The standard InChI is InChI=1S/C15H20O3S/c1-18-12-6-4-5-11(9-12)13-7-2-3-8-14(13)19-10-15(16)17/h4-6,9,13-14H,2-3,7-8,10H2,1H3,(H,16,17)/t13-,14+/m1/s1. The predicted molar refractivity (Wildman–Crippen MR) is 78.1 cm³/mol. The van der Waals surface area contributed by atoms with Gasteiger partial charge in [0.2, 0.25) is 0 Å². The van der Waals surface area contributed by atoms with Crippen molar-refractivity contribution in [2.24, 2.45) is 0 Å². The fourth-order valence-corrected chi connectivity index (χ4v) is 3.94. The lowest BCUT2D eigenvalue weighted by Gasteiger charge is -2.31. The Morgan fingerprint density at radius 3 is 2.95 bits per heavy atom. The molecule has 2 rings (SSSR count). The summed E-state index contributed by atoms with van der Waals surface area (Å²) in [5, 5.41) is 9.26. The third kappa shape index (κ3) is 3.90. The van der Waals surface area contributed by atoms with Gasteiger partial charge in [0.15, 0.2) is 0 Å². The number of benzene rings is 1. The minimum absolute atomic E-state index is 0.200. The zero-order chi connectivity index (χ0) is 13.7. The fraction of sp³-hybridized carbons (Fsp3) is 0.533. The first-order valence-corrected chi connectivity index (χ1v) is 7.73. The molecule has 0 radical (unpaired) electrons. The molecule has 1 fully saturated rings. The molecule has 1 aromatic rings. The number of hydrogen-bond acceptors (Lipinski definition) is 3. The Kier molecular flexibility index (Phi) is 5.14. The zero-order valence-corrected chi connectivity index (χ0v) is 12.0. The van der Waals surface area contributed by atoms with E-state index in [-0.39, 0.29) is 5.75 Å². The Labute approximate surface area is 118 Å². The van der Waals surface area contributed by atoms with Gasteiger partial charge in [-0.2, -0.15) is 0 Å². The van der Waals surface area contributed by atoms with Gasteiger partial charge in [-0.3, -0.25) is 4.79 Å². The quantitative estimate of drug-likeness (QED) is 0.896. The molecule has 1 aliphatic rings. The van der Waals surface area contributed by atoms with E-state index in [2.05, 4.69) is 12.1 Å². The van der Waals surface area contributed by atoms with Crippen LogP contribution in [0.4, 0.5) is 0 Å². The van der Waals surface area contributed by atoms with Gasteiger partial charge in [0, 0.05) is 5.25 Å². The second-order valence-electron chi connectivity index (χ2n) is 4.91. The van der Waals surface area contributed by atoms with Gasteiger partial charge >= 0.3 is 5.97 Å². The molecule has 0 bridgehead atoms. The van der Waals surface area contributed by atoms with Crippen LogP contribution in [-0.4, -0.2) is 29.2 Å². The van der Waals surface area contributed by atoms with Crippen molar-refractivity contribution in [1.82, 2.24) is 0 Å². The van der Waals surface area contributed by atoms with Crippen molar-refractivity contribution >= 4 is 17.7 Å². The number of aliphatic carboxylic acids is 1. The van der Waals surface area contributed by atoms with Gasteiger partial charge in [0.05, 0.1) is 12.9 Å². The largest absolute Gasteiger partial charge is 0.497 e. The molecular formula is C15H20O3S. The van der Waals surface area contributed by atoms with Crippen LogP contribution in [0.3, 0.4) is 0 Å². The van der Waals surface area contributed by atoms with E-state index in [0.29, 0.717) is 11.2 Å². The number of hydrogen-bond donors (Lipinski definition) is 1. The summed E-state index contributed by atoms with van der Waals surface area (Å²) in [6.07, 6.45) is 4.69. The average Bonchev–Trinajstić information content (AvgIpc) is 2.45. The Morgan fingerprint density at radius 1 is 1.42 bits per heavy atom. The third-order valence-electron chi connectivity index (χ3n) is 3.65. The number of rotatable bonds is 5. The van der Waals surface area contributed by atoms with Crippen LogP contribution in [0.25, 0.3) is 0 Å². The van der Waals surface area contributed by atoms with Crippen molar-refractivity contribution in [2.75, 3.05) is 12.9 Å². The van der Waals surface area contributed by atoms with Crippen LogP contribution in [0.1, 0.15) is 37.2 Å². The molecule has 1 saturated carbocycles. The van der Waals surface area contributed by atoms with Crippen molar-refractivity contribution in [3.8, 4) is 5.75 Å². The van der Waals surface area contributed by atoms with E-state index in [1.807, 2.05) is 12.1 Å². The van der Waals surface area contributed by atoms with Gasteiger partial charge in [-0.05, 0) is 36.5 Å². The molecule has 1 aromatic carbocycles. The van der Waals surface area contributed by atoms with Crippen molar-refractivity contribution in [3.05, 3.63) is 29.8 Å². The van der Waals surface area contributed by atoms with Gasteiger partial charge in [0.1, 0.15) is 5.75 Å². The normalized spacial score (nSPS) is 23.0. The number of carboxylic acid groups (broad SMARTS) is 1. The van der Waals surface area contributed by atoms with Crippen molar-refractivity contribution < 1.29 is 14.6 Å². The van der Waals surface area contributed by atoms with Gasteiger partial charge in [-0.25, -0.2) is 0 Å². The van der Waals surface area contributed by atoms with E-state index >= 15 is 0 Å². The molecule has 0 unspecified atom stereocenters. The molecule has 19 heavy (non-hydrogen) atoms. The minimum Gasteiger partial charge on any atom is -0.497 e. The van der Waals surface area contributed by atoms with Gasteiger partial charge in [-0.1, -0.05) is 25.0 Å². The maximum Gasteiger partial charge on any atom is 0.313 e. The summed E-state index contributed by atoms with van der Waals surface area (Å²) in [5.41, 5.74) is 1.28. The van der Waals surface area contributed by atoms with E-state index in [9.17, 15) is 4.79 Å². The molecule has 0 spiro atoms. The molecule has 1 aliphatic carbocycles. The number of methoxy groups -OCH3 is 1. The molecule has 0 aromatic heterocycles. The van der Waals surface area contributed by atoms with Crippen LogP contribution in [0.5, 0.6) is 5.75 Å². The Bertz CT molecular complexity index is 433. The number of carboxylic acids is 1. The lowest BCUT2D eigenvalue weighted by molar-refractivity contribution is -0.133. The zero-order valence-electron chi connectivity index (χ0n) is 11.2. The Balaban J connectivity index is 2.11. The number of carbonyl (C=O) groups is 1. The lowest BCUT2D eigenvalue weighted by Crippen LogP contribution is -2.21. The van der Waals surface area contributed by atoms with E-state index < -0.39 is 5.97 Å². The average molecular weight is 280 g/mol. The summed E-state index contributed by atoms with van der Waals surface area (Å²) in [7, 11) is 1.68. The molecule has 0 aliphatic heterocycles. The lowest BCUT2D eigenvalue weighted by atomic mass is 9.83. The summed E-state index contributed by atoms with van der Waals surface area (Å²) in [6.45, 7) is 0. The van der Waals surface area contributed by atoms with Crippen molar-refractivity contribution in [1.29, 1.82) is 0 Å². The Morgan fingerprint density at radius 2 is 2.21 bits per heavy atom. The number of ether oxygens (including phenoxy) is 1. The van der Waals surface area contributed by atoms with Gasteiger partial charge in [0.25, 0.3) is 0 Å². The van der Waals surface area contributed by atoms with Gasteiger partial charge in [-0.15, -0.1) is 11.8 Å². The van der Waals surface area contributed by atoms with Crippen molar-refractivity contribution in [3.63, 3.8) is 0 Å². The van der Waals surface area contributed by atoms with Crippen molar-refractivity contribution in [2.45, 2.75) is 36.9 Å². The fourth-order valence-electron chi connectivity index (χ4n) is 2.73. The first-order chi connectivity index (χ1) is 9.20. The minimum atomic E-state index is -0.722. The van der Waals surface area contributed by atoms with Crippen LogP contribution in [-0.2, 0) is 4.79 Å². The monoisotopic (exact) mass is 280 g/mol. The summed E-state index contributed by atoms with van der Waals surface area (Å²) in [4.78, 5) is 10.7. The Hall–Kier alpha value is -1.16. The molecular weight excluding hydrogens is 260 g/mol. The highest BCUT2D eigenvalue weighted by Gasteiger charge is 2.27. The molecule has 104 valence electrons. The topological polar surface area (TPSA) is 46.5 Å².